The third kappa shape index (κ3) is 8.96. The number of halogens is 3. The molecule has 1 atom stereocenters. The number of aliphatic carboxylic acids is 1. The zero-order valence-electron chi connectivity index (χ0n) is 27.5. The normalized spacial score (nSPS) is 12.1. The number of carbonyl (C=O) groups is 3. The molecule has 5 rings (SSSR count). The molecule has 5 aromatic carbocycles. The number of carbonyl (C=O) groups excluding carboxylic acids is 2. The number of amides is 2. The van der Waals surface area contributed by atoms with Crippen LogP contribution in [0.5, 0.6) is 11.5 Å². The monoisotopic (exact) mass is 680 g/mol. The van der Waals surface area contributed by atoms with Gasteiger partial charge in [0.15, 0.2) is 0 Å². The minimum Gasteiger partial charge on any atom is -0.480 e. The SMILES string of the molecule is CC(C)(C)c1ccc(C(=O)Nc2ccc(Oc3ccc(C(F)(F)F)cc3)cc2C(=O)NC(Cc2ccc(-c3ccccc3)cc2)C(=O)O)cc1. The van der Waals surface area contributed by atoms with E-state index in [-0.39, 0.29) is 34.6 Å². The molecule has 0 aliphatic carbocycles. The molecule has 5 aromatic rings. The first-order valence-corrected chi connectivity index (χ1v) is 15.8. The Hall–Kier alpha value is -5.90. The van der Waals surface area contributed by atoms with Crippen LogP contribution in [-0.4, -0.2) is 28.9 Å². The Kier molecular flexibility index (Phi) is 10.4. The van der Waals surface area contributed by atoms with Gasteiger partial charge in [-0.25, -0.2) is 4.79 Å². The van der Waals surface area contributed by atoms with Gasteiger partial charge in [-0.15, -0.1) is 0 Å². The molecule has 50 heavy (non-hydrogen) atoms. The maximum absolute atomic E-state index is 13.7. The van der Waals surface area contributed by atoms with Crippen LogP contribution >= 0.6 is 0 Å². The highest BCUT2D eigenvalue weighted by Gasteiger charge is 2.30. The molecule has 0 spiro atoms. The summed E-state index contributed by atoms with van der Waals surface area (Å²) in [5.41, 5.74) is 2.95. The largest absolute Gasteiger partial charge is 0.480 e. The van der Waals surface area contributed by atoms with Crippen molar-refractivity contribution in [1.82, 2.24) is 5.32 Å². The van der Waals surface area contributed by atoms with E-state index >= 15 is 0 Å². The molecule has 0 radical (unpaired) electrons. The molecule has 10 heteroatoms. The fourth-order valence-electron chi connectivity index (χ4n) is 5.18. The van der Waals surface area contributed by atoms with Crippen molar-refractivity contribution in [3.05, 3.63) is 149 Å². The lowest BCUT2D eigenvalue weighted by atomic mass is 9.86. The summed E-state index contributed by atoms with van der Waals surface area (Å²) in [7, 11) is 0. The van der Waals surface area contributed by atoms with Crippen molar-refractivity contribution in [2.24, 2.45) is 0 Å². The molecular formula is C40H35F3N2O5. The molecule has 0 saturated heterocycles. The Morgan fingerprint density at radius 3 is 1.86 bits per heavy atom. The lowest BCUT2D eigenvalue weighted by Crippen LogP contribution is -2.42. The molecular weight excluding hydrogens is 645 g/mol. The number of nitrogens with one attached hydrogen (secondary N) is 2. The summed E-state index contributed by atoms with van der Waals surface area (Å²) in [4.78, 5) is 39.3. The molecule has 7 nitrogen and oxygen atoms in total. The Morgan fingerprint density at radius 1 is 0.700 bits per heavy atom. The van der Waals surface area contributed by atoms with E-state index in [2.05, 4.69) is 10.6 Å². The van der Waals surface area contributed by atoms with Gasteiger partial charge in [-0.2, -0.15) is 13.2 Å². The number of ether oxygens (including phenoxy) is 1. The predicted octanol–water partition coefficient (Wildman–Crippen LogP) is 9.14. The van der Waals surface area contributed by atoms with Crippen LogP contribution in [0.15, 0.2) is 121 Å². The van der Waals surface area contributed by atoms with Crippen LogP contribution in [0.2, 0.25) is 0 Å². The fraction of sp³-hybridized carbons (Fsp3) is 0.175. The minimum atomic E-state index is -4.53. The van der Waals surface area contributed by atoms with Crippen molar-refractivity contribution in [2.75, 3.05) is 5.32 Å². The topological polar surface area (TPSA) is 105 Å². The summed E-state index contributed by atoms with van der Waals surface area (Å²) in [6, 6.07) is 30.8. The Labute approximate surface area is 287 Å². The van der Waals surface area contributed by atoms with Crippen LogP contribution in [0.25, 0.3) is 11.1 Å². The Morgan fingerprint density at radius 2 is 1.28 bits per heavy atom. The maximum atomic E-state index is 13.7. The summed E-state index contributed by atoms with van der Waals surface area (Å²) in [5, 5.41) is 15.3. The van der Waals surface area contributed by atoms with Crippen LogP contribution < -0.4 is 15.4 Å². The van der Waals surface area contributed by atoms with E-state index in [4.69, 9.17) is 4.74 Å². The van der Waals surface area contributed by atoms with E-state index in [1.807, 2.05) is 75.4 Å². The van der Waals surface area contributed by atoms with Crippen molar-refractivity contribution < 1.29 is 37.4 Å². The predicted molar refractivity (Wildman–Crippen MR) is 186 cm³/mol. The van der Waals surface area contributed by atoms with Gasteiger partial charge in [0.05, 0.1) is 16.8 Å². The molecule has 256 valence electrons. The lowest BCUT2D eigenvalue weighted by molar-refractivity contribution is -0.139. The van der Waals surface area contributed by atoms with Crippen LogP contribution in [0.4, 0.5) is 18.9 Å². The second kappa shape index (κ2) is 14.7. The number of hydrogen-bond donors (Lipinski definition) is 3. The molecule has 0 aromatic heterocycles. The number of alkyl halides is 3. The van der Waals surface area contributed by atoms with Crippen molar-refractivity contribution in [2.45, 2.75) is 44.8 Å². The van der Waals surface area contributed by atoms with Gasteiger partial charge in [0.2, 0.25) is 0 Å². The Balaban J connectivity index is 1.40. The van der Waals surface area contributed by atoms with Gasteiger partial charge >= 0.3 is 12.1 Å². The number of benzene rings is 5. The second-order valence-electron chi connectivity index (χ2n) is 12.7. The molecule has 0 aliphatic heterocycles. The summed E-state index contributed by atoms with van der Waals surface area (Å²) in [5.74, 6) is -2.45. The summed E-state index contributed by atoms with van der Waals surface area (Å²) < 4.78 is 44.9. The van der Waals surface area contributed by atoms with Crippen LogP contribution in [0.3, 0.4) is 0 Å². The van der Waals surface area contributed by atoms with Gasteiger partial charge in [0.1, 0.15) is 17.5 Å². The summed E-state index contributed by atoms with van der Waals surface area (Å²) >= 11 is 0. The van der Waals surface area contributed by atoms with E-state index in [1.54, 1.807) is 24.3 Å². The average molecular weight is 681 g/mol. The number of anilines is 1. The van der Waals surface area contributed by atoms with Crippen molar-refractivity contribution in [1.29, 1.82) is 0 Å². The number of carboxylic acids is 1. The quantitative estimate of drug-likeness (QED) is 0.137. The second-order valence-corrected chi connectivity index (χ2v) is 12.7. The molecule has 0 saturated carbocycles. The summed E-state index contributed by atoms with van der Waals surface area (Å²) in [6.07, 6.45) is -4.55. The highest BCUT2D eigenvalue weighted by molar-refractivity contribution is 6.09. The van der Waals surface area contributed by atoms with Crippen molar-refractivity contribution in [3.63, 3.8) is 0 Å². The van der Waals surface area contributed by atoms with E-state index in [1.165, 1.54) is 18.2 Å². The van der Waals surface area contributed by atoms with Gasteiger partial charge in [-0.3, -0.25) is 9.59 Å². The van der Waals surface area contributed by atoms with Crippen LogP contribution in [0, 0.1) is 0 Å². The third-order valence-corrected chi connectivity index (χ3v) is 8.02. The number of rotatable bonds is 10. The van der Waals surface area contributed by atoms with Gasteiger partial charge < -0.3 is 20.5 Å². The highest BCUT2D eigenvalue weighted by atomic mass is 19.4. The van der Waals surface area contributed by atoms with E-state index in [9.17, 15) is 32.7 Å². The summed E-state index contributed by atoms with van der Waals surface area (Å²) in [6.45, 7) is 6.14. The molecule has 0 fully saturated rings. The molecule has 1 unspecified atom stereocenters. The molecule has 2 amide bonds. The standard InChI is InChI=1S/C40H35F3N2O5/c1-39(2,3)29-15-13-28(14-16-29)36(46)44-34-22-21-32(50-31-19-17-30(18-20-31)40(41,42)43)24-33(34)37(47)45-35(38(48)49)23-25-9-11-27(12-10-25)26-7-5-4-6-8-26/h4-22,24,35H,23H2,1-3H3,(H,44,46)(H,45,47)(H,48,49). The fourth-order valence-corrected chi connectivity index (χ4v) is 5.18. The minimum absolute atomic E-state index is 0.0281. The molecule has 0 aliphatic rings. The average Bonchev–Trinajstić information content (AvgIpc) is 3.08. The lowest BCUT2D eigenvalue weighted by Gasteiger charge is -2.19. The van der Waals surface area contributed by atoms with Crippen molar-refractivity contribution >= 4 is 23.5 Å². The highest BCUT2D eigenvalue weighted by Crippen LogP contribution is 2.33. The zero-order valence-corrected chi connectivity index (χ0v) is 27.5. The van der Waals surface area contributed by atoms with E-state index < -0.39 is 35.6 Å². The van der Waals surface area contributed by atoms with Crippen molar-refractivity contribution in [3.8, 4) is 22.6 Å². The zero-order chi connectivity index (χ0) is 36.1. The first kappa shape index (κ1) is 35.4. The molecule has 3 N–H and O–H groups in total. The number of carboxylic acid groups (broad SMARTS) is 1. The first-order chi connectivity index (χ1) is 23.7. The smallest absolute Gasteiger partial charge is 0.416 e. The third-order valence-electron chi connectivity index (χ3n) is 8.02. The van der Waals surface area contributed by atoms with Crippen LogP contribution in [0.1, 0.15) is 58.2 Å². The van der Waals surface area contributed by atoms with Crippen LogP contribution in [-0.2, 0) is 22.8 Å². The number of hydrogen-bond acceptors (Lipinski definition) is 4. The van der Waals surface area contributed by atoms with Gasteiger partial charge in [-0.1, -0.05) is 87.5 Å². The van der Waals surface area contributed by atoms with Gasteiger partial charge in [-0.05, 0) is 82.3 Å². The van der Waals surface area contributed by atoms with E-state index in [0.29, 0.717) is 11.1 Å². The molecule has 0 heterocycles. The maximum Gasteiger partial charge on any atom is 0.416 e. The Bertz CT molecular complexity index is 1970. The molecule has 0 bridgehead atoms. The first-order valence-electron chi connectivity index (χ1n) is 15.8. The van der Waals surface area contributed by atoms with E-state index in [0.717, 1.165) is 41.0 Å². The van der Waals surface area contributed by atoms with Gasteiger partial charge in [0.25, 0.3) is 11.8 Å². The van der Waals surface area contributed by atoms with Gasteiger partial charge in [0, 0.05) is 12.0 Å².